The third kappa shape index (κ3) is 4.90. The van der Waals surface area contributed by atoms with Crippen LogP contribution in [0.4, 0.5) is 21.9 Å². The van der Waals surface area contributed by atoms with Crippen LogP contribution in [0.5, 0.6) is 0 Å². The Labute approximate surface area is 189 Å². The summed E-state index contributed by atoms with van der Waals surface area (Å²) in [7, 11) is 0. The van der Waals surface area contributed by atoms with E-state index in [0.717, 1.165) is 44.8 Å². The number of hydrogen-bond acceptors (Lipinski definition) is 5. The van der Waals surface area contributed by atoms with Crippen LogP contribution in [0.25, 0.3) is 0 Å². The number of benzene rings is 2. The number of nitrogens with zero attached hydrogens (tertiary/aromatic N) is 3. The van der Waals surface area contributed by atoms with Crippen molar-refractivity contribution < 1.29 is 9.59 Å². The first-order valence-electron chi connectivity index (χ1n) is 11.3. The highest BCUT2D eigenvalue weighted by atomic mass is 16.2. The largest absolute Gasteiger partial charge is 0.397 e. The first kappa shape index (κ1) is 21.8. The molecule has 2 heterocycles. The number of carbonyl (C=O) groups excluding carboxylic acids is 2. The summed E-state index contributed by atoms with van der Waals surface area (Å²) in [5, 5.41) is 5.70. The smallest absolute Gasteiger partial charge is 0.317 e. The van der Waals surface area contributed by atoms with Crippen LogP contribution in [0, 0.1) is 6.92 Å². The molecule has 0 saturated carbocycles. The van der Waals surface area contributed by atoms with Crippen LogP contribution in [-0.4, -0.2) is 69.2 Å². The van der Waals surface area contributed by atoms with Crippen LogP contribution in [0.2, 0.25) is 0 Å². The van der Waals surface area contributed by atoms with E-state index in [-0.39, 0.29) is 11.9 Å². The van der Waals surface area contributed by atoms with Crippen LogP contribution in [0.15, 0.2) is 42.5 Å². The van der Waals surface area contributed by atoms with E-state index in [4.69, 9.17) is 5.73 Å². The summed E-state index contributed by atoms with van der Waals surface area (Å²) in [5.74, 6) is -0.140. The third-order valence-electron chi connectivity index (χ3n) is 6.20. The van der Waals surface area contributed by atoms with Crippen molar-refractivity contribution in [2.45, 2.75) is 13.3 Å². The lowest BCUT2D eigenvalue weighted by atomic mass is 10.1. The first-order chi connectivity index (χ1) is 15.5. The van der Waals surface area contributed by atoms with E-state index in [0.29, 0.717) is 30.9 Å². The van der Waals surface area contributed by atoms with Crippen LogP contribution >= 0.6 is 0 Å². The summed E-state index contributed by atoms with van der Waals surface area (Å²) in [5.41, 5.74) is 11.1. The van der Waals surface area contributed by atoms with Gasteiger partial charge in [-0.05, 0) is 43.2 Å². The van der Waals surface area contributed by atoms with Gasteiger partial charge in [0.05, 0.1) is 11.4 Å². The Kier molecular flexibility index (Phi) is 6.68. The summed E-state index contributed by atoms with van der Waals surface area (Å²) in [6, 6.07) is 14.0. The first-order valence-corrected chi connectivity index (χ1v) is 11.3. The van der Waals surface area contributed by atoms with Gasteiger partial charge in [0.25, 0.3) is 5.91 Å². The molecule has 2 aromatic carbocycles. The molecule has 0 atom stereocenters. The Balaban J connectivity index is 1.28. The zero-order valence-corrected chi connectivity index (χ0v) is 18.6. The van der Waals surface area contributed by atoms with Gasteiger partial charge in [0, 0.05) is 63.6 Å². The van der Waals surface area contributed by atoms with E-state index in [1.54, 1.807) is 11.0 Å². The van der Waals surface area contributed by atoms with Gasteiger partial charge in [0.2, 0.25) is 0 Å². The number of carbonyl (C=O) groups is 2. The zero-order chi connectivity index (χ0) is 22.5. The number of piperazine rings is 1. The highest BCUT2D eigenvalue weighted by molar-refractivity contribution is 5.96. The van der Waals surface area contributed by atoms with Crippen LogP contribution in [-0.2, 0) is 0 Å². The molecule has 0 aromatic heterocycles. The molecule has 32 heavy (non-hydrogen) atoms. The third-order valence-corrected chi connectivity index (χ3v) is 6.20. The number of para-hydroxylation sites is 1. The predicted molar refractivity (Wildman–Crippen MR) is 128 cm³/mol. The molecular weight excluding hydrogens is 404 g/mol. The highest BCUT2D eigenvalue weighted by Crippen LogP contribution is 2.27. The fourth-order valence-corrected chi connectivity index (χ4v) is 4.39. The van der Waals surface area contributed by atoms with Crippen molar-refractivity contribution in [3.8, 4) is 0 Å². The molecule has 170 valence electrons. The molecule has 4 N–H and O–H groups in total. The van der Waals surface area contributed by atoms with Crippen molar-refractivity contribution in [1.29, 1.82) is 0 Å². The summed E-state index contributed by atoms with van der Waals surface area (Å²) >= 11 is 0. The maximum atomic E-state index is 12.5. The molecule has 8 heteroatoms. The average Bonchev–Trinajstić information content (AvgIpc) is 3.21. The summed E-state index contributed by atoms with van der Waals surface area (Å²) in [6.07, 6.45) is 0.720. The van der Waals surface area contributed by atoms with Gasteiger partial charge in [-0.1, -0.05) is 18.2 Å². The van der Waals surface area contributed by atoms with Crippen LogP contribution in [0.1, 0.15) is 22.3 Å². The lowest BCUT2D eigenvalue weighted by Crippen LogP contribution is -2.47. The highest BCUT2D eigenvalue weighted by Gasteiger charge is 2.21. The molecule has 2 aliphatic heterocycles. The molecule has 0 radical (unpaired) electrons. The van der Waals surface area contributed by atoms with Gasteiger partial charge in [0.15, 0.2) is 0 Å². The van der Waals surface area contributed by atoms with Crippen molar-refractivity contribution in [1.82, 2.24) is 15.5 Å². The minimum absolute atomic E-state index is 0.0283. The Hall–Kier alpha value is -3.42. The number of nitrogen functional groups attached to an aromatic ring is 1. The molecule has 4 rings (SSSR count). The molecule has 0 unspecified atom stereocenters. The van der Waals surface area contributed by atoms with E-state index >= 15 is 0 Å². The summed E-state index contributed by atoms with van der Waals surface area (Å²) < 4.78 is 0. The number of urea groups is 1. The molecule has 2 saturated heterocycles. The second kappa shape index (κ2) is 9.80. The Morgan fingerprint density at radius 1 is 1.03 bits per heavy atom. The monoisotopic (exact) mass is 436 g/mol. The van der Waals surface area contributed by atoms with Gasteiger partial charge in [-0.3, -0.25) is 4.79 Å². The van der Waals surface area contributed by atoms with Gasteiger partial charge >= 0.3 is 6.03 Å². The van der Waals surface area contributed by atoms with Gasteiger partial charge in [0.1, 0.15) is 0 Å². The van der Waals surface area contributed by atoms with Crippen LogP contribution in [0.3, 0.4) is 0 Å². The minimum Gasteiger partial charge on any atom is -0.397 e. The van der Waals surface area contributed by atoms with Crippen molar-refractivity contribution in [3.63, 3.8) is 0 Å². The maximum absolute atomic E-state index is 12.5. The minimum atomic E-state index is -0.140. The number of amides is 3. The number of nitrogens with one attached hydrogen (secondary N) is 2. The second-order valence-corrected chi connectivity index (χ2v) is 8.36. The van der Waals surface area contributed by atoms with Gasteiger partial charge < -0.3 is 31.1 Å². The number of anilines is 3. The molecule has 0 aliphatic carbocycles. The topological polar surface area (TPSA) is 93.9 Å². The zero-order valence-electron chi connectivity index (χ0n) is 18.6. The van der Waals surface area contributed by atoms with Gasteiger partial charge in [-0.25, -0.2) is 4.79 Å². The molecule has 3 amide bonds. The molecule has 0 spiro atoms. The van der Waals surface area contributed by atoms with Gasteiger partial charge in [-0.15, -0.1) is 0 Å². The van der Waals surface area contributed by atoms with Crippen molar-refractivity contribution in [2.24, 2.45) is 0 Å². The Bertz CT molecular complexity index is 971. The van der Waals surface area contributed by atoms with E-state index in [1.165, 1.54) is 11.3 Å². The number of aryl methyl sites for hydroxylation is 1. The molecule has 0 bridgehead atoms. The summed E-state index contributed by atoms with van der Waals surface area (Å²) in [4.78, 5) is 30.5. The fourth-order valence-electron chi connectivity index (χ4n) is 4.39. The van der Waals surface area contributed by atoms with E-state index in [2.05, 4.69) is 51.6 Å². The molecule has 2 aromatic rings. The normalized spacial score (nSPS) is 16.3. The Morgan fingerprint density at radius 3 is 2.41 bits per heavy atom. The average molecular weight is 437 g/mol. The van der Waals surface area contributed by atoms with Crippen LogP contribution < -0.4 is 26.2 Å². The molecule has 2 fully saturated rings. The molecular formula is C24H32N6O2. The maximum Gasteiger partial charge on any atom is 0.317 e. The number of rotatable bonds is 7. The van der Waals surface area contributed by atoms with E-state index in [1.807, 2.05) is 12.1 Å². The van der Waals surface area contributed by atoms with Crippen molar-refractivity contribution >= 4 is 29.0 Å². The number of hydrogen-bond donors (Lipinski definition) is 3. The second-order valence-electron chi connectivity index (χ2n) is 8.36. The summed E-state index contributed by atoms with van der Waals surface area (Å²) in [6.45, 7) is 8.35. The number of nitrogens with two attached hydrogens (primary N) is 1. The fraction of sp³-hybridized carbons (Fsp3) is 0.417. The lowest BCUT2D eigenvalue weighted by Gasteiger charge is -2.38. The van der Waals surface area contributed by atoms with Crippen molar-refractivity contribution in [3.05, 3.63) is 53.6 Å². The van der Waals surface area contributed by atoms with Crippen molar-refractivity contribution in [2.75, 3.05) is 67.9 Å². The quantitative estimate of drug-likeness (QED) is 0.456. The van der Waals surface area contributed by atoms with E-state index in [9.17, 15) is 9.59 Å². The SMILES string of the molecule is Cc1ccccc1N1CCN(c2ccc(C(=O)NCCCN3CCNC3=O)cc2N)CC1. The van der Waals surface area contributed by atoms with E-state index < -0.39 is 0 Å². The Morgan fingerprint density at radius 2 is 1.75 bits per heavy atom. The standard InChI is InChI=1S/C24H32N6O2/c1-18-5-2-3-6-21(18)28-13-15-29(16-14-28)22-8-7-19(17-20(22)25)23(31)26-9-4-11-30-12-10-27-24(30)32/h2-3,5-8,17H,4,9-16,25H2,1H3,(H,26,31)(H,27,32). The molecule has 2 aliphatic rings. The predicted octanol–water partition coefficient (Wildman–Crippen LogP) is 2.05. The van der Waals surface area contributed by atoms with Gasteiger partial charge in [-0.2, -0.15) is 0 Å². The molecule has 8 nitrogen and oxygen atoms in total. The lowest BCUT2D eigenvalue weighted by molar-refractivity contribution is 0.0952.